The van der Waals surface area contributed by atoms with Crippen LogP contribution in [0.4, 0.5) is 4.39 Å². The van der Waals surface area contributed by atoms with Crippen LogP contribution in [0.2, 0.25) is 0 Å². The second kappa shape index (κ2) is 4.33. The standard InChI is InChI=1S/C14H15FN2O2/c1-10(18)17-14(8-2-3-9-14)19-13(16-17)11-4-6-12(15)7-5-11/h4-7H,2-3,8-9H2,1H3. The van der Waals surface area contributed by atoms with Crippen molar-refractivity contribution in [3.05, 3.63) is 35.6 Å². The SMILES string of the molecule is CC(=O)N1N=C(c2ccc(F)cc2)OC12CCCC2. The van der Waals surface area contributed by atoms with Gasteiger partial charge in [-0.15, -0.1) is 5.10 Å². The van der Waals surface area contributed by atoms with Gasteiger partial charge in [-0.25, -0.2) is 4.39 Å². The Morgan fingerprint density at radius 1 is 1.32 bits per heavy atom. The molecule has 19 heavy (non-hydrogen) atoms. The van der Waals surface area contributed by atoms with E-state index in [-0.39, 0.29) is 11.7 Å². The smallest absolute Gasteiger partial charge is 0.243 e. The summed E-state index contributed by atoms with van der Waals surface area (Å²) in [6, 6.07) is 5.94. The molecule has 2 aliphatic rings. The molecule has 0 N–H and O–H groups in total. The first-order valence-electron chi connectivity index (χ1n) is 6.45. The van der Waals surface area contributed by atoms with Crippen LogP contribution in [0.25, 0.3) is 0 Å². The van der Waals surface area contributed by atoms with Crippen LogP contribution in [0.5, 0.6) is 0 Å². The molecule has 0 bridgehead atoms. The van der Waals surface area contributed by atoms with Crippen molar-refractivity contribution in [3.63, 3.8) is 0 Å². The number of nitrogens with zero attached hydrogens (tertiary/aromatic N) is 2. The maximum atomic E-state index is 12.9. The third kappa shape index (κ3) is 1.99. The van der Waals surface area contributed by atoms with Crippen molar-refractivity contribution in [2.24, 2.45) is 5.10 Å². The Morgan fingerprint density at radius 3 is 2.53 bits per heavy atom. The Bertz CT molecular complexity index is 533. The van der Waals surface area contributed by atoms with Gasteiger partial charge in [0.15, 0.2) is 0 Å². The summed E-state index contributed by atoms with van der Waals surface area (Å²) < 4.78 is 18.9. The lowest BCUT2D eigenvalue weighted by atomic mass is 10.1. The number of carbonyl (C=O) groups is 1. The predicted molar refractivity (Wildman–Crippen MR) is 67.7 cm³/mol. The van der Waals surface area contributed by atoms with Gasteiger partial charge in [-0.2, -0.15) is 5.01 Å². The maximum Gasteiger partial charge on any atom is 0.243 e. The third-order valence-electron chi connectivity index (χ3n) is 3.64. The van der Waals surface area contributed by atoms with E-state index >= 15 is 0 Å². The fraction of sp³-hybridized carbons (Fsp3) is 0.429. The fourth-order valence-electron chi connectivity index (χ4n) is 2.73. The largest absolute Gasteiger partial charge is 0.447 e. The first kappa shape index (κ1) is 12.1. The molecule has 1 amide bonds. The van der Waals surface area contributed by atoms with Gasteiger partial charge in [-0.3, -0.25) is 4.79 Å². The zero-order chi connectivity index (χ0) is 13.5. The van der Waals surface area contributed by atoms with Gasteiger partial charge in [0, 0.05) is 25.3 Å². The van der Waals surface area contributed by atoms with Gasteiger partial charge >= 0.3 is 0 Å². The Hall–Kier alpha value is -1.91. The zero-order valence-corrected chi connectivity index (χ0v) is 10.7. The predicted octanol–water partition coefficient (Wildman–Crippen LogP) is 2.64. The molecule has 1 aromatic rings. The van der Waals surface area contributed by atoms with Crippen molar-refractivity contribution < 1.29 is 13.9 Å². The highest BCUT2D eigenvalue weighted by Crippen LogP contribution is 2.41. The molecule has 0 radical (unpaired) electrons. The van der Waals surface area contributed by atoms with Gasteiger partial charge in [-0.1, -0.05) is 0 Å². The molecule has 0 aromatic heterocycles. The van der Waals surface area contributed by atoms with Crippen LogP contribution in [0, 0.1) is 5.82 Å². The molecule has 1 fully saturated rings. The Balaban J connectivity index is 1.94. The highest BCUT2D eigenvalue weighted by Gasteiger charge is 2.49. The molecule has 1 heterocycles. The highest BCUT2D eigenvalue weighted by atomic mass is 19.1. The van der Waals surface area contributed by atoms with Crippen molar-refractivity contribution in [2.75, 3.05) is 0 Å². The number of hydrazone groups is 1. The van der Waals surface area contributed by atoms with Gasteiger partial charge in [0.25, 0.3) is 0 Å². The number of rotatable bonds is 1. The molecule has 1 spiro atoms. The fourth-order valence-corrected chi connectivity index (χ4v) is 2.73. The summed E-state index contributed by atoms with van der Waals surface area (Å²) in [6.07, 6.45) is 3.63. The van der Waals surface area contributed by atoms with Crippen LogP contribution in [-0.2, 0) is 9.53 Å². The molecule has 0 atom stereocenters. The summed E-state index contributed by atoms with van der Waals surface area (Å²) in [4.78, 5) is 11.7. The average Bonchev–Trinajstić information content (AvgIpc) is 2.99. The van der Waals surface area contributed by atoms with Gasteiger partial charge in [0.1, 0.15) is 5.82 Å². The van der Waals surface area contributed by atoms with Crippen LogP contribution < -0.4 is 0 Å². The lowest BCUT2D eigenvalue weighted by molar-refractivity contribution is -0.146. The minimum atomic E-state index is -0.616. The van der Waals surface area contributed by atoms with E-state index < -0.39 is 5.72 Å². The van der Waals surface area contributed by atoms with Crippen molar-refractivity contribution in [1.29, 1.82) is 0 Å². The minimum Gasteiger partial charge on any atom is -0.447 e. The number of hydrogen-bond donors (Lipinski definition) is 0. The van der Waals surface area contributed by atoms with Gasteiger partial charge in [0.05, 0.1) is 0 Å². The number of ether oxygens (including phenoxy) is 1. The topological polar surface area (TPSA) is 41.9 Å². The molecule has 0 unspecified atom stereocenters. The monoisotopic (exact) mass is 262 g/mol. The molecular formula is C14H15FN2O2. The number of carbonyl (C=O) groups excluding carboxylic acids is 1. The van der Waals surface area contributed by atoms with E-state index in [9.17, 15) is 9.18 Å². The summed E-state index contributed by atoms with van der Waals surface area (Å²) in [7, 11) is 0. The lowest BCUT2D eigenvalue weighted by Crippen LogP contribution is -2.44. The van der Waals surface area contributed by atoms with Gasteiger partial charge < -0.3 is 4.74 Å². The van der Waals surface area contributed by atoms with Crippen LogP contribution in [-0.4, -0.2) is 22.5 Å². The minimum absolute atomic E-state index is 0.126. The Labute approximate surface area is 110 Å². The highest BCUT2D eigenvalue weighted by molar-refractivity contribution is 5.96. The van der Waals surface area contributed by atoms with Crippen molar-refractivity contribution in [3.8, 4) is 0 Å². The molecule has 1 saturated carbocycles. The lowest BCUT2D eigenvalue weighted by Gasteiger charge is -2.29. The van der Waals surface area contributed by atoms with Crippen LogP contribution >= 0.6 is 0 Å². The molecule has 3 rings (SSSR count). The van der Waals surface area contributed by atoms with E-state index in [1.54, 1.807) is 12.1 Å². The second-order valence-corrected chi connectivity index (χ2v) is 5.00. The number of benzene rings is 1. The number of amides is 1. The Morgan fingerprint density at radius 2 is 1.95 bits per heavy atom. The molecular weight excluding hydrogens is 247 g/mol. The summed E-state index contributed by atoms with van der Waals surface area (Å²) in [5.74, 6) is -0.0301. The molecule has 1 aliphatic carbocycles. The van der Waals surface area contributed by atoms with E-state index in [2.05, 4.69) is 5.10 Å². The van der Waals surface area contributed by atoms with Crippen molar-refractivity contribution in [2.45, 2.75) is 38.3 Å². The second-order valence-electron chi connectivity index (χ2n) is 5.00. The van der Waals surface area contributed by atoms with E-state index in [0.717, 1.165) is 25.7 Å². The van der Waals surface area contributed by atoms with Crippen molar-refractivity contribution in [1.82, 2.24) is 5.01 Å². The summed E-state index contributed by atoms with van der Waals surface area (Å²) in [6.45, 7) is 1.49. The van der Waals surface area contributed by atoms with Gasteiger partial charge in [0.2, 0.25) is 17.5 Å². The van der Waals surface area contributed by atoms with Crippen LogP contribution in [0.1, 0.15) is 38.2 Å². The molecule has 1 aliphatic heterocycles. The third-order valence-corrected chi connectivity index (χ3v) is 3.64. The summed E-state index contributed by atoms with van der Waals surface area (Å²) in [5.41, 5.74) is 0.0756. The molecule has 5 heteroatoms. The van der Waals surface area contributed by atoms with E-state index in [0.29, 0.717) is 11.5 Å². The van der Waals surface area contributed by atoms with Crippen molar-refractivity contribution >= 4 is 11.8 Å². The first-order chi connectivity index (χ1) is 9.11. The molecule has 100 valence electrons. The maximum absolute atomic E-state index is 12.9. The molecule has 4 nitrogen and oxygen atoms in total. The number of halogens is 1. The Kier molecular flexibility index (Phi) is 2.77. The summed E-state index contributed by atoms with van der Waals surface area (Å²) >= 11 is 0. The normalized spacial score (nSPS) is 20.5. The summed E-state index contributed by atoms with van der Waals surface area (Å²) in [5, 5.41) is 5.72. The van der Waals surface area contributed by atoms with Crippen LogP contribution in [0.3, 0.4) is 0 Å². The first-order valence-corrected chi connectivity index (χ1v) is 6.45. The number of hydrogen-bond acceptors (Lipinski definition) is 3. The van der Waals surface area contributed by atoms with E-state index in [4.69, 9.17) is 4.74 Å². The molecule has 0 saturated heterocycles. The van der Waals surface area contributed by atoms with E-state index in [1.807, 2.05) is 0 Å². The average molecular weight is 262 g/mol. The quantitative estimate of drug-likeness (QED) is 0.780. The van der Waals surface area contributed by atoms with Crippen LogP contribution in [0.15, 0.2) is 29.4 Å². The zero-order valence-electron chi connectivity index (χ0n) is 10.7. The van der Waals surface area contributed by atoms with E-state index in [1.165, 1.54) is 24.1 Å². The molecule has 1 aromatic carbocycles. The van der Waals surface area contributed by atoms with Gasteiger partial charge in [-0.05, 0) is 37.1 Å².